The summed E-state index contributed by atoms with van der Waals surface area (Å²) < 4.78 is 33.8. The van der Waals surface area contributed by atoms with Crippen LogP contribution in [-0.2, 0) is 13.8 Å². The third-order valence-corrected chi connectivity index (χ3v) is 4.06. The van der Waals surface area contributed by atoms with E-state index in [0.717, 1.165) is 0 Å². The Balaban J connectivity index is 2.55. The Hall–Kier alpha value is -1.37. The minimum atomic E-state index is -3.83. The van der Waals surface area contributed by atoms with Crippen molar-refractivity contribution in [3.05, 3.63) is 30.5 Å². The number of pyridine rings is 1. The van der Waals surface area contributed by atoms with Crippen LogP contribution in [-0.4, -0.2) is 33.2 Å². The molecule has 0 fully saturated rings. The summed E-state index contributed by atoms with van der Waals surface area (Å²) in [6, 6.07) is 6.26. The standard InChI is InChI=1S/C13H14ClNO4S/c1-9(8-18-2)19-11-5-6-12(20(14,16)17)10-4-3-7-15-13(10)11/h3-7,9H,8H2,1-2H3. The molecule has 0 N–H and O–H groups in total. The molecule has 0 saturated heterocycles. The maximum absolute atomic E-state index is 11.6. The number of nitrogens with zero attached hydrogens (tertiary/aromatic N) is 1. The Kier molecular flexibility index (Phi) is 4.47. The Bertz CT molecular complexity index is 717. The maximum Gasteiger partial charge on any atom is 0.261 e. The van der Waals surface area contributed by atoms with Crippen LogP contribution < -0.4 is 4.74 Å². The Morgan fingerprint density at radius 1 is 1.35 bits per heavy atom. The van der Waals surface area contributed by atoms with Gasteiger partial charge in [-0.15, -0.1) is 0 Å². The van der Waals surface area contributed by atoms with E-state index in [4.69, 9.17) is 20.2 Å². The van der Waals surface area contributed by atoms with E-state index in [0.29, 0.717) is 23.3 Å². The van der Waals surface area contributed by atoms with Gasteiger partial charge in [0.05, 0.1) is 11.5 Å². The molecule has 2 rings (SSSR count). The third kappa shape index (κ3) is 3.20. The van der Waals surface area contributed by atoms with Crippen LogP contribution >= 0.6 is 10.7 Å². The van der Waals surface area contributed by atoms with Crippen molar-refractivity contribution in [3.8, 4) is 5.75 Å². The second-order valence-corrected chi connectivity index (χ2v) is 6.82. The molecule has 0 amide bonds. The third-order valence-electron chi connectivity index (χ3n) is 2.68. The van der Waals surface area contributed by atoms with Crippen molar-refractivity contribution >= 4 is 30.6 Å². The molecule has 7 heteroatoms. The molecular weight excluding hydrogens is 302 g/mol. The summed E-state index contributed by atoms with van der Waals surface area (Å²) in [5.74, 6) is 0.495. The van der Waals surface area contributed by atoms with Crippen LogP contribution in [0.1, 0.15) is 6.92 Å². The van der Waals surface area contributed by atoms with Crippen LogP contribution in [0.4, 0.5) is 0 Å². The Morgan fingerprint density at radius 3 is 2.75 bits per heavy atom. The van der Waals surface area contributed by atoms with Crippen molar-refractivity contribution < 1.29 is 17.9 Å². The fourth-order valence-electron chi connectivity index (χ4n) is 1.91. The van der Waals surface area contributed by atoms with Gasteiger partial charge in [0.25, 0.3) is 9.05 Å². The predicted molar refractivity (Wildman–Crippen MR) is 76.7 cm³/mol. The van der Waals surface area contributed by atoms with E-state index in [1.165, 1.54) is 6.07 Å². The second-order valence-electron chi connectivity index (χ2n) is 4.28. The number of methoxy groups -OCH3 is 1. The molecule has 5 nitrogen and oxygen atoms in total. The minimum absolute atomic E-state index is 0.0222. The van der Waals surface area contributed by atoms with Crippen LogP contribution in [0, 0.1) is 0 Å². The normalized spacial score (nSPS) is 13.3. The molecule has 108 valence electrons. The smallest absolute Gasteiger partial charge is 0.261 e. The fraction of sp³-hybridized carbons (Fsp3) is 0.308. The van der Waals surface area contributed by atoms with Crippen LogP contribution in [0.5, 0.6) is 5.75 Å². The van der Waals surface area contributed by atoms with Gasteiger partial charge in [0.1, 0.15) is 17.4 Å². The van der Waals surface area contributed by atoms with Gasteiger partial charge in [0.15, 0.2) is 0 Å². The van der Waals surface area contributed by atoms with Gasteiger partial charge in [-0.1, -0.05) is 0 Å². The lowest BCUT2D eigenvalue weighted by Gasteiger charge is -2.15. The molecule has 1 unspecified atom stereocenters. The molecule has 0 aliphatic carbocycles. The second kappa shape index (κ2) is 5.95. The first-order valence-electron chi connectivity index (χ1n) is 5.91. The van der Waals surface area contributed by atoms with E-state index < -0.39 is 9.05 Å². The first-order chi connectivity index (χ1) is 9.43. The van der Waals surface area contributed by atoms with Crippen LogP contribution in [0.15, 0.2) is 35.4 Å². The van der Waals surface area contributed by atoms with Crippen molar-refractivity contribution in [2.75, 3.05) is 13.7 Å². The van der Waals surface area contributed by atoms with E-state index >= 15 is 0 Å². The number of hydrogen-bond donors (Lipinski definition) is 0. The van der Waals surface area contributed by atoms with Gasteiger partial charge in [0.2, 0.25) is 0 Å². The number of halogens is 1. The summed E-state index contributed by atoms with van der Waals surface area (Å²) in [6.45, 7) is 2.27. The molecular formula is C13H14ClNO4S. The summed E-state index contributed by atoms with van der Waals surface area (Å²) in [5.41, 5.74) is 0.456. The average molecular weight is 316 g/mol. The number of rotatable bonds is 5. The van der Waals surface area contributed by atoms with Gasteiger partial charge in [-0.05, 0) is 31.2 Å². The lowest BCUT2D eigenvalue weighted by molar-refractivity contribution is 0.0929. The molecule has 2 aromatic rings. The van der Waals surface area contributed by atoms with Crippen molar-refractivity contribution in [1.29, 1.82) is 0 Å². The summed E-state index contributed by atoms with van der Waals surface area (Å²) in [6.07, 6.45) is 1.39. The van der Waals surface area contributed by atoms with Gasteiger partial charge in [0, 0.05) is 29.4 Å². The van der Waals surface area contributed by atoms with Crippen molar-refractivity contribution in [2.24, 2.45) is 0 Å². The molecule has 0 saturated carbocycles. The number of aromatic nitrogens is 1. The van der Waals surface area contributed by atoms with E-state index in [-0.39, 0.29) is 11.0 Å². The molecule has 20 heavy (non-hydrogen) atoms. The number of hydrogen-bond acceptors (Lipinski definition) is 5. The van der Waals surface area contributed by atoms with Crippen molar-refractivity contribution in [2.45, 2.75) is 17.9 Å². The minimum Gasteiger partial charge on any atom is -0.486 e. The summed E-state index contributed by atoms with van der Waals surface area (Å²) >= 11 is 0. The zero-order chi connectivity index (χ0) is 14.8. The van der Waals surface area contributed by atoms with E-state index in [1.807, 2.05) is 6.92 Å². The molecule has 0 bridgehead atoms. The number of benzene rings is 1. The summed E-state index contributed by atoms with van der Waals surface area (Å²) in [5, 5.41) is 0.435. The highest BCUT2D eigenvalue weighted by Crippen LogP contribution is 2.31. The van der Waals surface area contributed by atoms with Gasteiger partial charge in [-0.25, -0.2) is 8.42 Å². The van der Waals surface area contributed by atoms with E-state index in [9.17, 15) is 8.42 Å². The van der Waals surface area contributed by atoms with Gasteiger partial charge < -0.3 is 9.47 Å². The van der Waals surface area contributed by atoms with Crippen molar-refractivity contribution in [1.82, 2.24) is 4.98 Å². The fourth-order valence-corrected chi connectivity index (χ4v) is 2.98. The number of ether oxygens (including phenoxy) is 2. The molecule has 1 aromatic carbocycles. The first kappa shape index (κ1) is 15.0. The summed E-state index contributed by atoms with van der Waals surface area (Å²) in [7, 11) is 3.18. The molecule has 1 atom stereocenters. The monoisotopic (exact) mass is 315 g/mol. The quantitative estimate of drug-likeness (QED) is 0.793. The molecule has 1 heterocycles. The van der Waals surface area contributed by atoms with Crippen LogP contribution in [0.25, 0.3) is 10.9 Å². The van der Waals surface area contributed by atoms with Crippen molar-refractivity contribution in [3.63, 3.8) is 0 Å². The number of fused-ring (bicyclic) bond motifs is 1. The maximum atomic E-state index is 11.6. The topological polar surface area (TPSA) is 65.5 Å². The van der Waals surface area contributed by atoms with E-state index in [2.05, 4.69) is 4.98 Å². The van der Waals surface area contributed by atoms with Crippen LogP contribution in [0.2, 0.25) is 0 Å². The highest BCUT2D eigenvalue weighted by atomic mass is 35.7. The summed E-state index contributed by atoms with van der Waals surface area (Å²) in [4.78, 5) is 4.20. The SMILES string of the molecule is COCC(C)Oc1ccc(S(=O)(=O)Cl)c2cccnc12. The van der Waals surface area contributed by atoms with Gasteiger partial charge in [-0.2, -0.15) is 0 Å². The predicted octanol–water partition coefficient (Wildman–Crippen LogP) is 2.58. The largest absolute Gasteiger partial charge is 0.486 e. The lowest BCUT2D eigenvalue weighted by atomic mass is 10.2. The van der Waals surface area contributed by atoms with Gasteiger partial charge >= 0.3 is 0 Å². The van der Waals surface area contributed by atoms with Gasteiger partial charge in [-0.3, -0.25) is 4.98 Å². The highest BCUT2D eigenvalue weighted by molar-refractivity contribution is 8.14. The average Bonchev–Trinajstić information content (AvgIpc) is 2.38. The van der Waals surface area contributed by atoms with Crippen LogP contribution in [0.3, 0.4) is 0 Å². The molecule has 1 aromatic heterocycles. The zero-order valence-corrected chi connectivity index (χ0v) is 12.6. The Labute approximate surface area is 121 Å². The molecule has 0 radical (unpaired) electrons. The Morgan fingerprint density at radius 2 is 2.10 bits per heavy atom. The van der Waals surface area contributed by atoms with E-state index in [1.54, 1.807) is 31.5 Å². The highest BCUT2D eigenvalue weighted by Gasteiger charge is 2.18. The zero-order valence-electron chi connectivity index (χ0n) is 11.0. The molecule has 0 aliphatic heterocycles. The first-order valence-corrected chi connectivity index (χ1v) is 8.22. The molecule has 0 spiro atoms. The molecule has 0 aliphatic rings. The lowest BCUT2D eigenvalue weighted by Crippen LogP contribution is -2.18.